The van der Waals surface area contributed by atoms with E-state index >= 15 is 0 Å². The number of nitriles is 1. The zero-order valence-corrected chi connectivity index (χ0v) is 11.1. The van der Waals surface area contributed by atoms with Crippen molar-refractivity contribution in [3.63, 3.8) is 0 Å². The molecule has 1 unspecified atom stereocenters. The van der Waals surface area contributed by atoms with E-state index in [1.807, 2.05) is 6.07 Å². The summed E-state index contributed by atoms with van der Waals surface area (Å²) in [5, 5.41) is 8.71. The first-order chi connectivity index (χ1) is 8.47. The Morgan fingerprint density at radius 3 is 2.72 bits per heavy atom. The molecule has 0 fully saturated rings. The van der Waals surface area contributed by atoms with Crippen molar-refractivity contribution in [2.75, 3.05) is 0 Å². The molecule has 3 nitrogen and oxygen atoms in total. The standard InChI is InChI=1S/C12H10BrF2NO2/c1-7(13)11(17)9-3-2-4-10(18-12(14)15)8(9)5-6-16/h2-4,7,12H,5H2,1H3. The van der Waals surface area contributed by atoms with E-state index in [1.54, 1.807) is 6.92 Å². The van der Waals surface area contributed by atoms with Crippen LogP contribution in [0.3, 0.4) is 0 Å². The van der Waals surface area contributed by atoms with Crippen LogP contribution in [0.15, 0.2) is 18.2 Å². The summed E-state index contributed by atoms with van der Waals surface area (Å²) in [5.74, 6) is -0.412. The first-order valence-corrected chi connectivity index (χ1v) is 6.01. The highest BCUT2D eigenvalue weighted by Crippen LogP contribution is 2.26. The lowest BCUT2D eigenvalue weighted by Gasteiger charge is -2.13. The average molecular weight is 318 g/mol. The molecule has 1 rings (SSSR count). The Kier molecular flexibility index (Phi) is 5.23. The van der Waals surface area contributed by atoms with Gasteiger partial charge in [0.15, 0.2) is 5.78 Å². The first kappa shape index (κ1) is 14.6. The number of halogens is 3. The minimum atomic E-state index is -2.99. The van der Waals surface area contributed by atoms with E-state index in [0.29, 0.717) is 0 Å². The fraction of sp³-hybridized carbons (Fsp3) is 0.333. The molecule has 1 aromatic carbocycles. The van der Waals surface area contributed by atoms with Gasteiger partial charge in [0, 0.05) is 11.1 Å². The summed E-state index contributed by atoms with van der Waals surface area (Å²) in [7, 11) is 0. The van der Waals surface area contributed by atoms with E-state index in [9.17, 15) is 13.6 Å². The van der Waals surface area contributed by atoms with Crippen molar-refractivity contribution in [1.29, 1.82) is 5.26 Å². The van der Waals surface area contributed by atoms with Crippen LogP contribution >= 0.6 is 15.9 Å². The van der Waals surface area contributed by atoms with Gasteiger partial charge in [0.25, 0.3) is 0 Å². The van der Waals surface area contributed by atoms with Gasteiger partial charge in [-0.3, -0.25) is 4.79 Å². The minimum absolute atomic E-state index is 0.134. The molecule has 0 bridgehead atoms. The number of ketones is 1. The van der Waals surface area contributed by atoms with Gasteiger partial charge in [-0.05, 0) is 13.0 Å². The number of benzene rings is 1. The first-order valence-electron chi connectivity index (χ1n) is 5.09. The Morgan fingerprint density at radius 1 is 1.56 bits per heavy atom. The highest BCUT2D eigenvalue weighted by molar-refractivity contribution is 9.10. The Morgan fingerprint density at radius 2 is 2.22 bits per heavy atom. The van der Waals surface area contributed by atoms with Gasteiger partial charge >= 0.3 is 6.61 Å². The maximum Gasteiger partial charge on any atom is 0.387 e. The lowest BCUT2D eigenvalue weighted by atomic mass is 9.99. The predicted molar refractivity (Wildman–Crippen MR) is 65.1 cm³/mol. The fourth-order valence-corrected chi connectivity index (χ4v) is 1.73. The number of rotatable bonds is 5. The zero-order valence-electron chi connectivity index (χ0n) is 9.49. The summed E-state index contributed by atoms with van der Waals surface area (Å²) in [5.41, 5.74) is 0.413. The lowest BCUT2D eigenvalue weighted by molar-refractivity contribution is -0.0504. The van der Waals surface area contributed by atoms with Crippen molar-refractivity contribution in [3.8, 4) is 11.8 Å². The van der Waals surface area contributed by atoms with E-state index in [4.69, 9.17) is 5.26 Å². The van der Waals surface area contributed by atoms with Crippen LogP contribution in [0.25, 0.3) is 0 Å². The SMILES string of the molecule is CC(Br)C(=O)c1cccc(OC(F)F)c1CC#N. The molecule has 0 N–H and O–H groups in total. The third-order valence-corrected chi connectivity index (χ3v) is 2.65. The number of carbonyl (C=O) groups excluding carboxylic acids is 1. The Bertz CT molecular complexity index is 483. The number of Topliss-reactive ketones (excluding diaryl/α,β-unsaturated/α-hetero) is 1. The maximum absolute atomic E-state index is 12.2. The van der Waals surface area contributed by atoms with Crippen LogP contribution in [0.2, 0.25) is 0 Å². The number of alkyl halides is 3. The molecule has 1 aromatic rings. The molecular formula is C12H10BrF2NO2. The second-order valence-corrected chi connectivity index (χ2v) is 4.85. The Labute approximate surface area is 111 Å². The number of hydrogen-bond donors (Lipinski definition) is 0. The molecule has 0 aliphatic carbocycles. The van der Waals surface area contributed by atoms with E-state index < -0.39 is 11.4 Å². The van der Waals surface area contributed by atoms with E-state index in [2.05, 4.69) is 20.7 Å². The van der Waals surface area contributed by atoms with Crippen LogP contribution in [0.4, 0.5) is 8.78 Å². The Balaban J connectivity index is 3.26. The molecule has 0 amide bonds. The molecule has 0 saturated carbocycles. The van der Waals surface area contributed by atoms with Crippen molar-refractivity contribution in [2.24, 2.45) is 0 Å². The van der Waals surface area contributed by atoms with Gasteiger partial charge in [-0.25, -0.2) is 0 Å². The van der Waals surface area contributed by atoms with Crippen molar-refractivity contribution < 1.29 is 18.3 Å². The van der Waals surface area contributed by atoms with Crippen molar-refractivity contribution in [1.82, 2.24) is 0 Å². The minimum Gasteiger partial charge on any atom is -0.434 e. The third-order valence-electron chi connectivity index (χ3n) is 2.23. The van der Waals surface area contributed by atoms with Crippen molar-refractivity contribution in [2.45, 2.75) is 24.8 Å². The zero-order chi connectivity index (χ0) is 13.7. The van der Waals surface area contributed by atoms with Crippen LogP contribution in [-0.4, -0.2) is 17.2 Å². The molecule has 0 heterocycles. The Hall–Kier alpha value is -1.48. The quantitative estimate of drug-likeness (QED) is 0.618. The van der Waals surface area contributed by atoms with Gasteiger partial charge in [-0.15, -0.1) is 0 Å². The summed E-state index contributed by atoms with van der Waals surface area (Å²) in [4.78, 5) is 11.4. The van der Waals surface area contributed by atoms with E-state index in [1.165, 1.54) is 18.2 Å². The molecule has 0 aliphatic heterocycles. The molecule has 0 aromatic heterocycles. The lowest BCUT2D eigenvalue weighted by Crippen LogP contribution is -2.14. The maximum atomic E-state index is 12.2. The largest absolute Gasteiger partial charge is 0.434 e. The van der Waals surface area contributed by atoms with E-state index in [0.717, 1.165) is 0 Å². The van der Waals surface area contributed by atoms with Crippen LogP contribution in [-0.2, 0) is 6.42 Å². The van der Waals surface area contributed by atoms with Crippen LogP contribution in [0, 0.1) is 11.3 Å². The monoisotopic (exact) mass is 317 g/mol. The highest BCUT2D eigenvalue weighted by atomic mass is 79.9. The number of nitrogens with zero attached hydrogens (tertiary/aromatic N) is 1. The van der Waals surface area contributed by atoms with E-state index in [-0.39, 0.29) is 29.1 Å². The molecule has 6 heteroatoms. The fourth-order valence-electron chi connectivity index (χ4n) is 1.48. The molecule has 0 aliphatic rings. The molecule has 0 saturated heterocycles. The summed E-state index contributed by atoms with van der Waals surface area (Å²) >= 11 is 3.12. The summed E-state index contributed by atoms with van der Waals surface area (Å²) < 4.78 is 28.8. The van der Waals surface area contributed by atoms with Gasteiger partial charge in [0.05, 0.1) is 17.3 Å². The number of carbonyl (C=O) groups is 1. The van der Waals surface area contributed by atoms with Crippen LogP contribution in [0.1, 0.15) is 22.8 Å². The van der Waals surface area contributed by atoms with Crippen LogP contribution in [0.5, 0.6) is 5.75 Å². The number of hydrogen-bond acceptors (Lipinski definition) is 3. The highest BCUT2D eigenvalue weighted by Gasteiger charge is 2.20. The normalized spacial score (nSPS) is 12.0. The summed E-state index contributed by atoms with van der Waals surface area (Å²) in [6, 6.07) is 6.09. The molecule has 0 spiro atoms. The summed E-state index contributed by atoms with van der Waals surface area (Å²) in [6.07, 6.45) is -0.163. The van der Waals surface area contributed by atoms with Gasteiger partial charge in [-0.1, -0.05) is 28.1 Å². The topological polar surface area (TPSA) is 50.1 Å². The van der Waals surface area contributed by atoms with Gasteiger partial charge in [0.2, 0.25) is 0 Å². The predicted octanol–water partition coefficient (Wildman–Crippen LogP) is 3.32. The number of ether oxygens (including phenoxy) is 1. The smallest absolute Gasteiger partial charge is 0.387 e. The molecule has 96 valence electrons. The van der Waals surface area contributed by atoms with Gasteiger partial charge in [0.1, 0.15) is 5.75 Å². The van der Waals surface area contributed by atoms with Gasteiger partial charge in [-0.2, -0.15) is 14.0 Å². The second-order valence-electron chi connectivity index (χ2n) is 3.48. The molecule has 18 heavy (non-hydrogen) atoms. The molecular weight excluding hydrogens is 308 g/mol. The van der Waals surface area contributed by atoms with Crippen molar-refractivity contribution in [3.05, 3.63) is 29.3 Å². The summed E-state index contributed by atoms with van der Waals surface area (Å²) in [6.45, 7) is -1.37. The third kappa shape index (κ3) is 3.50. The molecule has 0 radical (unpaired) electrons. The van der Waals surface area contributed by atoms with Crippen LogP contribution < -0.4 is 4.74 Å². The molecule has 1 atom stereocenters. The van der Waals surface area contributed by atoms with Gasteiger partial charge < -0.3 is 4.74 Å². The average Bonchev–Trinajstić information content (AvgIpc) is 2.30. The second kappa shape index (κ2) is 6.45. The van der Waals surface area contributed by atoms with Crippen molar-refractivity contribution >= 4 is 21.7 Å².